The van der Waals surface area contributed by atoms with E-state index in [2.05, 4.69) is 30.6 Å². The van der Waals surface area contributed by atoms with Crippen LogP contribution in [0.5, 0.6) is 0 Å². The highest BCUT2D eigenvalue weighted by molar-refractivity contribution is 5.91. The van der Waals surface area contributed by atoms with Gasteiger partial charge in [0.2, 0.25) is 17.8 Å². The van der Waals surface area contributed by atoms with Crippen molar-refractivity contribution >= 4 is 39.9 Å². The molecule has 1 amide bonds. The van der Waals surface area contributed by atoms with Crippen molar-refractivity contribution in [2.45, 2.75) is 6.42 Å². The van der Waals surface area contributed by atoms with Crippen molar-refractivity contribution in [2.75, 3.05) is 17.2 Å². The van der Waals surface area contributed by atoms with E-state index in [0.717, 1.165) is 22.1 Å². The Morgan fingerprint density at radius 1 is 0.875 bits per heavy atom. The average Bonchev–Trinajstić information content (AvgIpc) is 3.17. The quantitative estimate of drug-likeness (QED) is 0.454. The molecule has 0 fully saturated rings. The zero-order chi connectivity index (χ0) is 16.4. The van der Waals surface area contributed by atoms with Gasteiger partial charge in [-0.2, -0.15) is 0 Å². The Balaban J connectivity index is 1.33. The molecule has 2 heterocycles. The molecule has 0 saturated heterocycles. The van der Waals surface area contributed by atoms with E-state index in [1.165, 1.54) is 0 Å². The molecule has 0 spiro atoms. The lowest BCUT2D eigenvalue weighted by atomic mass is 10.3. The number of amides is 1. The number of hydrogen-bond donors (Lipinski definition) is 4. The van der Waals surface area contributed by atoms with Crippen molar-refractivity contribution in [2.24, 2.45) is 0 Å². The summed E-state index contributed by atoms with van der Waals surface area (Å²) >= 11 is 0. The molecule has 7 nitrogen and oxygen atoms in total. The predicted octanol–water partition coefficient (Wildman–Crippen LogP) is 2.88. The first-order chi connectivity index (χ1) is 11.8. The summed E-state index contributed by atoms with van der Waals surface area (Å²) in [6, 6.07) is 15.4. The van der Waals surface area contributed by atoms with Gasteiger partial charge in [0.25, 0.3) is 0 Å². The molecule has 7 heteroatoms. The highest BCUT2D eigenvalue weighted by Gasteiger charge is 2.07. The van der Waals surface area contributed by atoms with Crippen LogP contribution in [0.25, 0.3) is 22.1 Å². The number of anilines is 2. The first kappa shape index (κ1) is 14.3. The number of para-hydroxylation sites is 4. The number of H-pyrrole nitrogens is 2. The number of hydrogen-bond acceptors (Lipinski definition) is 4. The zero-order valence-electron chi connectivity index (χ0n) is 12.8. The molecule has 4 aromatic rings. The van der Waals surface area contributed by atoms with Crippen molar-refractivity contribution in [1.29, 1.82) is 0 Å². The third-order valence-corrected chi connectivity index (χ3v) is 3.68. The minimum Gasteiger partial charge on any atom is -0.355 e. The van der Waals surface area contributed by atoms with E-state index < -0.39 is 0 Å². The van der Waals surface area contributed by atoms with Gasteiger partial charge in [-0.15, -0.1) is 0 Å². The summed E-state index contributed by atoms with van der Waals surface area (Å²) in [5.41, 5.74) is 3.58. The van der Waals surface area contributed by atoms with Crippen LogP contribution in [0.3, 0.4) is 0 Å². The third kappa shape index (κ3) is 2.91. The molecule has 0 aliphatic rings. The molecule has 120 valence electrons. The Hall–Kier alpha value is -3.35. The van der Waals surface area contributed by atoms with Gasteiger partial charge in [0, 0.05) is 13.0 Å². The second-order valence-corrected chi connectivity index (χ2v) is 5.43. The summed E-state index contributed by atoms with van der Waals surface area (Å²) in [5, 5.41) is 5.89. The van der Waals surface area contributed by atoms with E-state index in [-0.39, 0.29) is 5.91 Å². The van der Waals surface area contributed by atoms with Crippen LogP contribution < -0.4 is 10.6 Å². The predicted molar refractivity (Wildman–Crippen MR) is 93.9 cm³/mol. The number of nitrogens with one attached hydrogen (secondary N) is 4. The number of rotatable bonds is 5. The summed E-state index contributed by atoms with van der Waals surface area (Å²) in [5.74, 6) is 1.01. The molecule has 0 bridgehead atoms. The highest BCUT2D eigenvalue weighted by Crippen LogP contribution is 2.14. The van der Waals surface area contributed by atoms with Gasteiger partial charge in [0.05, 0.1) is 22.1 Å². The molecule has 0 aliphatic carbocycles. The zero-order valence-corrected chi connectivity index (χ0v) is 12.8. The second-order valence-electron chi connectivity index (χ2n) is 5.43. The van der Waals surface area contributed by atoms with Crippen molar-refractivity contribution in [3.63, 3.8) is 0 Å². The van der Waals surface area contributed by atoms with Crippen molar-refractivity contribution in [3.8, 4) is 0 Å². The number of nitrogens with zero attached hydrogens (tertiary/aromatic N) is 2. The third-order valence-electron chi connectivity index (χ3n) is 3.68. The van der Waals surface area contributed by atoms with E-state index in [9.17, 15) is 4.79 Å². The minimum atomic E-state index is -0.113. The highest BCUT2D eigenvalue weighted by atomic mass is 16.1. The topological polar surface area (TPSA) is 98.5 Å². The SMILES string of the molecule is O=C(CCNc1nc2ccccc2[nH]1)Nc1nc2ccccc2[nH]1. The maximum Gasteiger partial charge on any atom is 0.228 e. The second kappa shape index (κ2) is 6.04. The Morgan fingerprint density at radius 2 is 1.46 bits per heavy atom. The van der Waals surface area contributed by atoms with Crippen LogP contribution in [0.4, 0.5) is 11.9 Å². The molecule has 2 aromatic carbocycles. The van der Waals surface area contributed by atoms with Gasteiger partial charge in [-0.05, 0) is 24.3 Å². The van der Waals surface area contributed by atoms with E-state index in [1.807, 2.05) is 48.5 Å². The molecule has 0 saturated carbocycles. The number of carbonyl (C=O) groups is 1. The normalized spacial score (nSPS) is 11.0. The molecular formula is C17H16N6O. The van der Waals surface area contributed by atoms with Crippen LogP contribution in [-0.4, -0.2) is 32.4 Å². The molecule has 4 rings (SSSR count). The number of fused-ring (bicyclic) bond motifs is 2. The van der Waals surface area contributed by atoms with Gasteiger partial charge in [-0.25, -0.2) is 9.97 Å². The Kier molecular flexibility index (Phi) is 3.59. The Bertz CT molecular complexity index is 936. The first-order valence-corrected chi connectivity index (χ1v) is 7.71. The summed E-state index contributed by atoms with van der Waals surface area (Å²) in [4.78, 5) is 27.0. The molecule has 4 N–H and O–H groups in total. The van der Waals surface area contributed by atoms with E-state index in [0.29, 0.717) is 24.9 Å². The average molecular weight is 320 g/mol. The number of aromatic amines is 2. The van der Waals surface area contributed by atoms with Gasteiger partial charge in [0.1, 0.15) is 0 Å². The lowest BCUT2D eigenvalue weighted by Gasteiger charge is -2.03. The molecular weight excluding hydrogens is 304 g/mol. The van der Waals surface area contributed by atoms with Crippen LogP contribution >= 0.6 is 0 Å². The van der Waals surface area contributed by atoms with Gasteiger partial charge >= 0.3 is 0 Å². The maximum atomic E-state index is 12.0. The van der Waals surface area contributed by atoms with Crippen molar-refractivity contribution in [1.82, 2.24) is 19.9 Å². The minimum absolute atomic E-state index is 0.113. The fraction of sp³-hybridized carbons (Fsp3) is 0.118. The summed E-state index contributed by atoms with van der Waals surface area (Å²) in [6.07, 6.45) is 0.314. The molecule has 2 aromatic heterocycles. The molecule has 0 aliphatic heterocycles. The summed E-state index contributed by atoms with van der Waals surface area (Å²) < 4.78 is 0. The van der Waals surface area contributed by atoms with Gasteiger partial charge in [-0.3, -0.25) is 10.1 Å². The fourth-order valence-electron chi connectivity index (χ4n) is 2.54. The smallest absolute Gasteiger partial charge is 0.228 e. The first-order valence-electron chi connectivity index (χ1n) is 7.71. The Morgan fingerprint density at radius 3 is 2.12 bits per heavy atom. The van der Waals surface area contributed by atoms with Crippen LogP contribution in [-0.2, 0) is 4.79 Å². The molecule has 0 unspecified atom stereocenters. The van der Waals surface area contributed by atoms with Gasteiger partial charge in [-0.1, -0.05) is 24.3 Å². The Labute approximate surface area is 137 Å². The lowest BCUT2D eigenvalue weighted by Crippen LogP contribution is -2.17. The standard InChI is InChI=1S/C17H16N6O/c24-15(23-17-21-13-7-3-4-8-14(13)22-17)9-10-18-16-19-11-5-1-2-6-12(11)20-16/h1-8H,9-10H2,(H2,18,19,20)(H2,21,22,23,24). The van der Waals surface area contributed by atoms with Crippen LogP contribution in [0, 0.1) is 0 Å². The number of aromatic nitrogens is 4. The number of imidazole rings is 2. The van der Waals surface area contributed by atoms with E-state index in [1.54, 1.807) is 0 Å². The van der Waals surface area contributed by atoms with E-state index in [4.69, 9.17) is 0 Å². The lowest BCUT2D eigenvalue weighted by molar-refractivity contribution is -0.116. The fourth-order valence-corrected chi connectivity index (χ4v) is 2.54. The van der Waals surface area contributed by atoms with Crippen molar-refractivity contribution in [3.05, 3.63) is 48.5 Å². The van der Waals surface area contributed by atoms with Gasteiger partial charge < -0.3 is 15.3 Å². The molecule has 24 heavy (non-hydrogen) atoms. The monoisotopic (exact) mass is 320 g/mol. The van der Waals surface area contributed by atoms with Gasteiger partial charge in [0.15, 0.2) is 0 Å². The molecule has 0 radical (unpaired) electrons. The maximum absolute atomic E-state index is 12.0. The van der Waals surface area contributed by atoms with E-state index >= 15 is 0 Å². The number of benzene rings is 2. The van der Waals surface area contributed by atoms with Crippen LogP contribution in [0.1, 0.15) is 6.42 Å². The summed E-state index contributed by atoms with van der Waals surface area (Å²) in [6.45, 7) is 0.478. The summed E-state index contributed by atoms with van der Waals surface area (Å²) in [7, 11) is 0. The van der Waals surface area contributed by atoms with Crippen LogP contribution in [0.15, 0.2) is 48.5 Å². The number of carbonyl (C=O) groups excluding carboxylic acids is 1. The van der Waals surface area contributed by atoms with Crippen LogP contribution in [0.2, 0.25) is 0 Å². The largest absolute Gasteiger partial charge is 0.355 e. The molecule has 0 atom stereocenters. The van der Waals surface area contributed by atoms with Crippen molar-refractivity contribution < 1.29 is 4.79 Å².